The van der Waals surface area contributed by atoms with Gasteiger partial charge in [0.05, 0.1) is 6.17 Å². The topological polar surface area (TPSA) is 39.7 Å². The summed E-state index contributed by atoms with van der Waals surface area (Å²) in [5.74, 6) is 1.23. The molecule has 1 aromatic rings. The van der Waals surface area contributed by atoms with E-state index in [0.29, 0.717) is 12.3 Å². The van der Waals surface area contributed by atoms with E-state index in [2.05, 4.69) is 29.6 Å². The first-order chi connectivity index (χ1) is 9.83. The van der Waals surface area contributed by atoms with Gasteiger partial charge in [-0.15, -0.1) is 11.3 Å². The first-order valence-electron chi connectivity index (χ1n) is 7.84. The van der Waals surface area contributed by atoms with Crippen LogP contribution in [0.4, 0.5) is 5.00 Å². The Kier molecular flexibility index (Phi) is 3.09. The normalized spacial score (nSPS) is 27.9. The molecule has 3 aliphatic rings. The zero-order valence-corrected chi connectivity index (χ0v) is 13.0. The average Bonchev–Trinajstić information content (AvgIpc) is 3.06. The molecule has 0 bridgehead atoms. The van der Waals surface area contributed by atoms with Crippen molar-refractivity contribution in [1.29, 1.82) is 0 Å². The molecule has 0 aromatic carbocycles. The Morgan fingerprint density at radius 2 is 2.10 bits per heavy atom. The summed E-state index contributed by atoms with van der Waals surface area (Å²) in [5, 5.41) is 1.26. The maximum atomic E-state index is 4.99. The summed E-state index contributed by atoms with van der Waals surface area (Å²) >= 11 is 1.93. The third-order valence-corrected chi connectivity index (χ3v) is 5.90. The number of thiophene rings is 1. The van der Waals surface area contributed by atoms with Gasteiger partial charge in [-0.25, -0.2) is 15.8 Å². The van der Waals surface area contributed by atoms with Crippen LogP contribution in [-0.4, -0.2) is 16.9 Å². The van der Waals surface area contributed by atoms with Crippen LogP contribution in [0, 0.1) is 0 Å². The number of hydrazine groups is 1. The summed E-state index contributed by atoms with van der Waals surface area (Å²) in [5.41, 5.74) is 10.0. The van der Waals surface area contributed by atoms with E-state index in [1.54, 1.807) is 10.4 Å². The minimum absolute atomic E-state index is 0.292. The van der Waals surface area contributed by atoms with Crippen LogP contribution in [0.3, 0.4) is 0 Å². The number of hydrogen-bond donors (Lipinski definition) is 2. The molecule has 108 valence electrons. The number of hydrogen-bond acceptors (Lipinski definition) is 5. The van der Waals surface area contributed by atoms with Gasteiger partial charge in [-0.2, -0.15) is 0 Å². The minimum atomic E-state index is 0.292. The fraction of sp³-hybridized carbons (Fsp3) is 0.667. The van der Waals surface area contributed by atoms with E-state index in [1.807, 2.05) is 11.3 Å². The number of amidine groups is 1. The molecule has 5 heteroatoms. The van der Waals surface area contributed by atoms with Crippen molar-refractivity contribution in [2.24, 2.45) is 4.99 Å². The van der Waals surface area contributed by atoms with Crippen molar-refractivity contribution in [3.63, 3.8) is 0 Å². The van der Waals surface area contributed by atoms with Gasteiger partial charge >= 0.3 is 0 Å². The van der Waals surface area contributed by atoms with Gasteiger partial charge in [0.2, 0.25) is 0 Å². The molecule has 4 nitrogen and oxygen atoms in total. The van der Waals surface area contributed by atoms with Crippen molar-refractivity contribution in [3.8, 4) is 0 Å². The van der Waals surface area contributed by atoms with Crippen molar-refractivity contribution in [1.82, 2.24) is 15.8 Å². The third kappa shape index (κ3) is 1.70. The lowest BCUT2D eigenvalue weighted by atomic mass is 9.93. The summed E-state index contributed by atoms with van der Waals surface area (Å²) in [4.78, 5) is 9.04. The number of fused-ring (bicyclic) bond motifs is 5. The summed E-state index contributed by atoms with van der Waals surface area (Å²) < 4.78 is 0. The zero-order chi connectivity index (χ0) is 13.7. The first kappa shape index (κ1) is 12.8. The van der Waals surface area contributed by atoms with Gasteiger partial charge in [-0.05, 0) is 37.7 Å². The molecule has 0 spiro atoms. The molecule has 0 radical (unpaired) electrons. The molecule has 2 atom stereocenters. The van der Waals surface area contributed by atoms with Crippen molar-refractivity contribution < 1.29 is 0 Å². The maximum Gasteiger partial charge on any atom is 0.125 e. The first-order valence-corrected chi connectivity index (χ1v) is 8.66. The molecule has 20 heavy (non-hydrogen) atoms. The molecule has 4 rings (SSSR count). The standard InChI is InChI=1S/C15H22N4S/c1-3-11-16-15-13(9-7-5-6-8-10(9)20-15)14-18-17-12(4-2)19(11)14/h12,14,17-18H,3-8H2,1-2H3/t12-,14+/m0/s1. The van der Waals surface area contributed by atoms with Crippen LogP contribution in [-0.2, 0) is 12.8 Å². The number of aliphatic imine (C=N–C) groups is 1. The quantitative estimate of drug-likeness (QED) is 0.878. The summed E-state index contributed by atoms with van der Waals surface area (Å²) in [6.07, 6.45) is 7.91. The highest BCUT2D eigenvalue weighted by Crippen LogP contribution is 2.47. The second kappa shape index (κ2) is 4.83. The molecule has 0 unspecified atom stereocenters. The van der Waals surface area contributed by atoms with E-state index in [4.69, 9.17) is 4.99 Å². The summed E-state index contributed by atoms with van der Waals surface area (Å²) in [6, 6.07) is 0. The monoisotopic (exact) mass is 290 g/mol. The lowest BCUT2D eigenvalue weighted by molar-refractivity contribution is 0.288. The number of aryl methyl sites for hydroxylation is 1. The molecule has 0 amide bonds. The van der Waals surface area contributed by atoms with Crippen molar-refractivity contribution >= 4 is 22.2 Å². The Balaban J connectivity index is 1.84. The fourth-order valence-electron chi connectivity index (χ4n) is 3.71. The maximum absolute atomic E-state index is 4.99. The summed E-state index contributed by atoms with van der Waals surface area (Å²) in [6.45, 7) is 4.44. The number of nitrogens with zero attached hydrogens (tertiary/aromatic N) is 2. The molecule has 0 saturated carbocycles. The highest BCUT2D eigenvalue weighted by molar-refractivity contribution is 7.16. The van der Waals surface area contributed by atoms with Crippen molar-refractivity contribution in [3.05, 3.63) is 16.0 Å². The zero-order valence-electron chi connectivity index (χ0n) is 12.2. The van der Waals surface area contributed by atoms with Crippen LogP contribution in [0.25, 0.3) is 0 Å². The Labute approximate surface area is 124 Å². The Hall–Kier alpha value is -0.910. The smallest absolute Gasteiger partial charge is 0.125 e. The second-order valence-corrected chi connectivity index (χ2v) is 6.92. The molecule has 1 aliphatic carbocycles. The third-order valence-electron chi connectivity index (χ3n) is 4.70. The predicted molar refractivity (Wildman–Crippen MR) is 83.3 cm³/mol. The SMILES string of the molecule is CCC1=Nc2sc3c(c2[C@@H]2NN[C@H](CC)N12)CCCC3. The lowest BCUT2D eigenvalue weighted by Crippen LogP contribution is -2.41. The van der Waals surface area contributed by atoms with E-state index in [1.165, 1.54) is 42.1 Å². The van der Waals surface area contributed by atoms with Gasteiger partial charge in [0.25, 0.3) is 0 Å². The van der Waals surface area contributed by atoms with Crippen LogP contribution in [0.5, 0.6) is 0 Å². The molecule has 2 N–H and O–H groups in total. The van der Waals surface area contributed by atoms with Crippen LogP contribution in [0.1, 0.15) is 61.7 Å². The Morgan fingerprint density at radius 1 is 1.25 bits per heavy atom. The van der Waals surface area contributed by atoms with Gasteiger partial charge < -0.3 is 4.90 Å². The molecule has 1 fully saturated rings. The Morgan fingerprint density at radius 3 is 2.90 bits per heavy atom. The van der Waals surface area contributed by atoms with E-state index in [9.17, 15) is 0 Å². The highest BCUT2D eigenvalue weighted by Gasteiger charge is 2.41. The number of nitrogens with one attached hydrogen (secondary N) is 2. The van der Waals surface area contributed by atoms with Crippen LogP contribution < -0.4 is 10.9 Å². The van der Waals surface area contributed by atoms with Gasteiger partial charge in [0.15, 0.2) is 0 Å². The van der Waals surface area contributed by atoms with E-state index >= 15 is 0 Å². The second-order valence-electron chi connectivity index (χ2n) is 5.83. The molecule has 1 saturated heterocycles. The molecular weight excluding hydrogens is 268 g/mol. The van der Waals surface area contributed by atoms with Crippen LogP contribution in [0.15, 0.2) is 4.99 Å². The minimum Gasteiger partial charge on any atom is -0.322 e. The predicted octanol–water partition coefficient (Wildman–Crippen LogP) is 3.23. The summed E-state index contributed by atoms with van der Waals surface area (Å²) in [7, 11) is 0. The van der Waals surface area contributed by atoms with Gasteiger partial charge in [0.1, 0.15) is 17.0 Å². The molecule has 2 aliphatic heterocycles. The average molecular weight is 290 g/mol. The highest BCUT2D eigenvalue weighted by atomic mass is 32.1. The fourth-order valence-corrected chi connectivity index (χ4v) is 5.02. The van der Waals surface area contributed by atoms with Crippen molar-refractivity contribution in [2.45, 2.75) is 64.7 Å². The van der Waals surface area contributed by atoms with E-state index in [0.717, 1.165) is 12.8 Å². The molecule has 3 heterocycles. The van der Waals surface area contributed by atoms with Crippen LogP contribution in [0.2, 0.25) is 0 Å². The van der Waals surface area contributed by atoms with Gasteiger partial charge in [-0.3, -0.25) is 0 Å². The number of rotatable bonds is 2. The van der Waals surface area contributed by atoms with E-state index in [-0.39, 0.29) is 0 Å². The Bertz CT molecular complexity index is 562. The van der Waals surface area contributed by atoms with Gasteiger partial charge in [0, 0.05) is 16.9 Å². The lowest BCUT2D eigenvalue weighted by Gasteiger charge is -2.34. The van der Waals surface area contributed by atoms with Gasteiger partial charge in [-0.1, -0.05) is 13.8 Å². The molecule has 1 aromatic heterocycles. The molecular formula is C15H22N4S. The largest absolute Gasteiger partial charge is 0.322 e. The van der Waals surface area contributed by atoms with Crippen molar-refractivity contribution in [2.75, 3.05) is 0 Å². The van der Waals surface area contributed by atoms with Crippen LogP contribution >= 0.6 is 11.3 Å². The van der Waals surface area contributed by atoms with E-state index < -0.39 is 0 Å².